The molecule has 8 heteroatoms. The van der Waals surface area contributed by atoms with Crippen molar-refractivity contribution in [3.8, 4) is 11.6 Å². The number of hydrogen-bond donors (Lipinski definition) is 0. The molecule has 2 heterocycles. The van der Waals surface area contributed by atoms with Crippen LogP contribution in [0.3, 0.4) is 0 Å². The van der Waals surface area contributed by atoms with Crippen LogP contribution in [0.2, 0.25) is 0 Å². The predicted molar refractivity (Wildman–Crippen MR) is 91.5 cm³/mol. The Morgan fingerprint density at radius 3 is 2.62 bits per heavy atom. The number of carbonyl (C=O) groups is 1. The molecule has 26 heavy (non-hydrogen) atoms. The summed E-state index contributed by atoms with van der Waals surface area (Å²) in [7, 11) is 1.53. The summed E-state index contributed by atoms with van der Waals surface area (Å²) in [6, 6.07) is 9.96. The van der Waals surface area contributed by atoms with Crippen molar-refractivity contribution < 1.29 is 23.0 Å². The smallest absolute Gasteiger partial charge is 0.387 e. The fraction of sp³-hybridized carbons (Fsp3) is 0.333. The summed E-state index contributed by atoms with van der Waals surface area (Å²) >= 11 is 0. The number of aromatic nitrogens is 1. The SMILES string of the molecule is COc1cc(N2CCN(Cc3ccc(OC(F)F)cc3)CC2=O)ccn1. The summed E-state index contributed by atoms with van der Waals surface area (Å²) in [5, 5.41) is 0. The summed E-state index contributed by atoms with van der Waals surface area (Å²) in [6.45, 7) is -0.739. The van der Waals surface area contributed by atoms with E-state index < -0.39 is 6.61 Å². The van der Waals surface area contributed by atoms with E-state index in [9.17, 15) is 13.6 Å². The largest absolute Gasteiger partial charge is 0.481 e. The molecule has 6 nitrogen and oxygen atoms in total. The van der Waals surface area contributed by atoms with Crippen molar-refractivity contribution in [2.45, 2.75) is 13.2 Å². The van der Waals surface area contributed by atoms with Crippen LogP contribution < -0.4 is 14.4 Å². The molecule has 3 rings (SSSR count). The van der Waals surface area contributed by atoms with Gasteiger partial charge < -0.3 is 14.4 Å². The van der Waals surface area contributed by atoms with Gasteiger partial charge in [0.25, 0.3) is 0 Å². The van der Waals surface area contributed by atoms with Crippen molar-refractivity contribution in [1.82, 2.24) is 9.88 Å². The van der Waals surface area contributed by atoms with E-state index in [1.54, 1.807) is 35.4 Å². The molecule has 0 N–H and O–H groups in total. The van der Waals surface area contributed by atoms with Crippen LogP contribution in [0.4, 0.5) is 14.5 Å². The normalized spacial score (nSPS) is 15.4. The molecule has 138 valence electrons. The maximum atomic E-state index is 12.5. The number of ether oxygens (including phenoxy) is 2. The highest BCUT2D eigenvalue weighted by molar-refractivity contribution is 5.95. The average Bonchev–Trinajstić information content (AvgIpc) is 2.63. The maximum Gasteiger partial charge on any atom is 0.387 e. The van der Waals surface area contributed by atoms with Crippen molar-refractivity contribution in [1.29, 1.82) is 0 Å². The van der Waals surface area contributed by atoms with Gasteiger partial charge in [-0.15, -0.1) is 0 Å². The van der Waals surface area contributed by atoms with E-state index in [1.165, 1.54) is 19.2 Å². The van der Waals surface area contributed by atoms with Crippen LogP contribution in [0.5, 0.6) is 11.6 Å². The fourth-order valence-corrected chi connectivity index (χ4v) is 2.84. The number of pyridine rings is 1. The number of anilines is 1. The number of piperazine rings is 1. The number of rotatable bonds is 6. The monoisotopic (exact) mass is 363 g/mol. The van der Waals surface area contributed by atoms with Gasteiger partial charge in [0, 0.05) is 31.9 Å². The molecule has 0 saturated carbocycles. The van der Waals surface area contributed by atoms with E-state index in [1.807, 2.05) is 4.90 Å². The lowest BCUT2D eigenvalue weighted by Crippen LogP contribution is -2.50. The van der Waals surface area contributed by atoms with Gasteiger partial charge in [0.1, 0.15) is 5.75 Å². The van der Waals surface area contributed by atoms with E-state index in [0.717, 1.165) is 11.3 Å². The molecule has 1 aromatic carbocycles. The molecule has 0 radical (unpaired) electrons. The van der Waals surface area contributed by atoms with E-state index in [4.69, 9.17) is 4.74 Å². The number of carbonyl (C=O) groups excluding carboxylic acids is 1. The topological polar surface area (TPSA) is 54.9 Å². The zero-order valence-corrected chi connectivity index (χ0v) is 14.3. The summed E-state index contributed by atoms with van der Waals surface area (Å²) < 4.78 is 33.8. The van der Waals surface area contributed by atoms with Crippen LogP contribution in [0.15, 0.2) is 42.6 Å². The Balaban J connectivity index is 1.59. The molecule has 0 bridgehead atoms. The average molecular weight is 363 g/mol. The van der Waals surface area contributed by atoms with Gasteiger partial charge in [-0.05, 0) is 23.8 Å². The summed E-state index contributed by atoms with van der Waals surface area (Å²) in [5.74, 6) is 0.572. The van der Waals surface area contributed by atoms with Crippen molar-refractivity contribution in [2.75, 3.05) is 31.6 Å². The van der Waals surface area contributed by atoms with Crippen molar-refractivity contribution in [3.63, 3.8) is 0 Å². The standard InChI is InChI=1S/C18H19F2N3O3/c1-25-16-10-14(6-7-21-16)23-9-8-22(12-17(23)24)11-13-2-4-15(5-3-13)26-18(19)20/h2-7,10,18H,8-9,11-12H2,1H3. The lowest BCUT2D eigenvalue weighted by Gasteiger charge is -2.34. The van der Waals surface area contributed by atoms with Crippen LogP contribution >= 0.6 is 0 Å². The number of methoxy groups -OCH3 is 1. The van der Waals surface area contributed by atoms with Crippen LogP contribution in [-0.2, 0) is 11.3 Å². The molecule has 0 atom stereocenters. The molecule has 1 saturated heterocycles. The molecule has 0 aliphatic carbocycles. The minimum atomic E-state index is -2.83. The van der Waals surface area contributed by atoms with Crippen LogP contribution in [0.25, 0.3) is 0 Å². The summed E-state index contributed by atoms with van der Waals surface area (Å²) in [5.41, 5.74) is 1.69. The molecule has 1 aromatic heterocycles. The number of halogens is 2. The van der Waals surface area contributed by atoms with Crippen LogP contribution in [0.1, 0.15) is 5.56 Å². The number of hydrogen-bond acceptors (Lipinski definition) is 5. The fourth-order valence-electron chi connectivity index (χ4n) is 2.84. The van der Waals surface area contributed by atoms with Gasteiger partial charge in [-0.25, -0.2) is 4.98 Å². The summed E-state index contributed by atoms with van der Waals surface area (Å²) in [4.78, 5) is 20.3. The van der Waals surface area contributed by atoms with Gasteiger partial charge in [0.05, 0.1) is 19.3 Å². The Morgan fingerprint density at radius 2 is 1.96 bits per heavy atom. The van der Waals surface area contributed by atoms with Gasteiger partial charge in [-0.2, -0.15) is 8.78 Å². The van der Waals surface area contributed by atoms with Gasteiger partial charge in [0.2, 0.25) is 11.8 Å². The molecule has 2 aromatic rings. The van der Waals surface area contributed by atoms with Crippen LogP contribution in [0, 0.1) is 0 Å². The molecule has 0 unspecified atom stereocenters. The number of amides is 1. The molecule has 1 aliphatic rings. The third kappa shape index (κ3) is 4.45. The Morgan fingerprint density at radius 1 is 1.19 bits per heavy atom. The Labute approximate surface area is 149 Å². The van der Waals surface area contributed by atoms with Gasteiger partial charge in [-0.3, -0.25) is 9.69 Å². The molecular weight excluding hydrogens is 344 g/mol. The van der Waals surface area contributed by atoms with E-state index in [2.05, 4.69) is 9.72 Å². The van der Waals surface area contributed by atoms with Gasteiger partial charge in [0.15, 0.2) is 0 Å². The maximum absolute atomic E-state index is 12.5. The highest BCUT2D eigenvalue weighted by Gasteiger charge is 2.25. The van der Waals surface area contributed by atoms with Gasteiger partial charge >= 0.3 is 6.61 Å². The zero-order chi connectivity index (χ0) is 18.5. The van der Waals surface area contributed by atoms with Crippen molar-refractivity contribution in [2.24, 2.45) is 0 Å². The van der Waals surface area contributed by atoms with Crippen molar-refractivity contribution in [3.05, 3.63) is 48.2 Å². The lowest BCUT2D eigenvalue weighted by molar-refractivity contribution is -0.121. The Bertz CT molecular complexity index is 756. The van der Waals surface area contributed by atoms with Crippen LogP contribution in [-0.4, -0.2) is 49.1 Å². The first-order valence-corrected chi connectivity index (χ1v) is 8.11. The third-order valence-corrected chi connectivity index (χ3v) is 4.09. The van der Waals surface area contributed by atoms with E-state index >= 15 is 0 Å². The second-order valence-electron chi connectivity index (χ2n) is 5.83. The minimum Gasteiger partial charge on any atom is -0.481 e. The van der Waals surface area contributed by atoms with E-state index in [0.29, 0.717) is 25.5 Å². The first-order chi connectivity index (χ1) is 12.5. The van der Waals surface area contributed by atoms with Crippen molar-refractivity contribution >= 4 is 11.6 Å². The second-order valence-corrected chi connectivity index (χ2v) is 5.83. The molecule has 0 spiro atoms. The molecule has 1 aliphatic heterocycles. The minimum absolute atomic E-state index is 0.0119. The Hall–Kier alpha value is -2.74. The third-order valence-electron chi connectivity index (χ3n) is 4.09. The quantitative estimate of drug-likeness (QED) is 0.790. The first-order valence-electron chi connectivity index (χ1n) is 8.11. The number of benzene rings is 1. The second kappa shape index (κ2) is 8.09. The molecule has 1 amide bonds. The predicted octanol–water partition coefficient (Wildman–Crippen LogP) is 2.54. The Kier molecular flexibility index (Phi) is 5.62. The summed E-state index contributed by atoms with van der Waals surface area (Å²) in [6.07, 6.45) is 1.61. The lowest BCUT2D eigenvalue weighted by atomic mass is 10.2. The molecule has 1 fully saturated rings. The first kappa shape index (κ1) is 18.1. The zero-order valence-electron chi connectivity index (χ0n) is 14.3. The highest BCUT2D eigenvalue weighted by Crippen LogP contribution is 2.22. The number of alkyl halides is 2. The number of nitrogens with zero attached hydrogens (tertiary/aromatic N) is 3. The van der Waals surface area contributed by atoms with Gasteiger partial charge in [-0.1, -0.05) is 12.1 Å². The molecular formula is C18H19F2N3O3. The highest BCUT2D eigenvalue weighted by atomic mass is 19.3. The van der Waals surface area contributed by atoms with E-state index in [-0.39, 0.29) is 18.2 Å².